The Kier molecular flexibility index (Phi) is 4.69. The van der Waals surface area contributed by atoms with Gasteiger partial charge in [-0.25, -0.2) is 4.79 Å². The maximum Gasteiger partial charge on any atom is 0.354 e. The SMILES string of the molecule is C=C/C(=C/CC)C(=NC)C(=O)O. The van der Waals surface area contributed by atoms with E-state index in [0.29, 0.717) is 5.57 Å². The first-order valence-electron chi connectivity index (χ1n) is 3.70. The maximum absolute atomic E-state index is 10.6. The fourth-order valence-corrected chi connectivity index (χ4v) is 0.845. The Labute approximate surface area is 72.1 Å². The molecule has 12 heavy (non-hydrogen) atoms. The van der Waals surface area contributed by atoms with Gasteiger partial charge < -0.3 is 5.11 Å². The van der Waals surface area contributed by atoms with E-state index in [1.54, 1.807) is 6.08 Å². The fourth-order valence-electron chi connectivity index (χ4n) is 0.845. The summed E-state index contributed by atoms with van der Waals surface area (Å²) < 4.78 is 0. The van der Waals surface area contributed by atoms with Crippen LogP contribution in [-0.4, -0.2) is 23.8 Å². The quantitative estimate of drug-likeness (QED) is 0.511. The summed E-state index contributed by atoms with van der Waals surface area (Å²) >= 11 is 0. The number of allylic oxidation sites excluding steroid dienone is 2. The lowest BCUT2D eigenvalue weighted by Gasteiger charge is -1.99. The van der Waals surface area contributed by atoms with Gasteiger partial charge in [0.1, 0.15) is 5.71 Å². The first-order valence-corrected chi connectivity index (χ1v) is 3.70. The van der Waals surface area contributed by atoms with Gasteiger partial charge in [-0.3, -0.25) is 4.99 Å². The van der Waals surface area contributed by atoms with Gasteiger partial charge in [0, 0.05) is 12.6 Å². The molecule has 0 rings (SSSR count). The smallest absolute Gasteiger partial charge is 0.354 e. The van der Waals surface area contributed by atoms with Crippen molar-refractivity contribution >= 4 is 11.7 Å². The van der Waals surface area contributed by atoms with Crippen LogP contribution in [0.4, 0.5) is 0 Å². The number of carboxylic acid groups (broad SMARTS) is 1. The molecule has 0 unspecified atom stereocenters. The maximum atomic E-state index is 10.6. The van der Waals surface area contributed by atoms with Crippen LogP contribution >= 0.6 is 0 Å². The van der Waals surface area contributed by atoms with E-state index in [-0.39, 0.29) is 5.71 Å². The number of hydrogen-bond acceptors (Lipinski definition) is 2. The van der Waals surface area contributed by atoms with Crippen LogP contribution in [0, 0.1) is 0 Å². The molecule has 0 spiro atoms. The minimum absolute atomic E-state index is 0.0619. The predicted molar refractivity (Wildman–Crippen MR) is 49.6 cm³/mol. The topological polar surface area (TPSA) is 49.7 Å². The molecule has 0 saturated carbocycles. The average Bonchev–Trinajstić information content (AvgIpc) is 2.03. The van der Waals surface area contributed by atoms with Crippen molar-refractivity contribution in [2.24, 2.45) is 4.99 Å². The zero-order valence-electron chi connectivity index (χ0n) is 7.37. The highest BCUT2D eigenvalue weighted by atomic mass is 16.4. The van der Waals surface area contributed by atoms with Crippen molar-refractivity contribution in [2.45, 2.75) is 13.3 Å². The van der Waals surface area contributed by atoms with E-state index in [1.165, 1.54) is 13.1 Å². The van der Waals surface area contributed by atoms with Gasteiger partial charge in [-0.2, -0.15) is 0 Å². The summed E-state index contributed by atoms with van der Waals surface area (Å²) in [6.45, 7) is 5.45. The Hall–Kier alpha value is -1.38. The lowest BCUT2D eigenvalue weighted by atomic mass is 10.1. The monoisotopic (exact) mass is 167 g/mol. The number of hydrogen-bond donors (Lipinski definition) is 1. The average molecular weight is 167 g/mol. The second-order valence-electron chi connectivity index (χ2n) is 2.15. The second-order valence-corrected chi connectivity index (χ2v) is 2.15. The molecule has 1 N–H and O–H groups in total. The Bertz CT molecular complexity index is 239. The summed E-state index contributed by atoms with van der Waals surface area (Å²) in [5.41, 5.74) is 0.638. The first-order chi connectivity index (χ1) is 5.67. The highest BCUT2D eigenvalue weighted by Crippen LogP contribution is 2.01. The highest BCUT2D eigenvalue weighted by molar-refractivity contribution is 6.43. The third-order valence-corrected chi connectivity index (χ3v) is 1.34. The molecular formula is C9H13NO2. The number of aliphatic imine (C=N–C) groups is 1. The molecule has 3 nitrogen and oxygen atoms in total. The molecule has 0 aromatic rings. The van der Waals surface area contributed by atoms with Crippen molar-refractivity contribution in [3.05, 3.63) is 24.3 Å². The predicted octanol–water partition coefficient (Wildman–Crippen LogP) is 1.66. The summed E-state index contributed by atoms with van der Waals surface area (Å²) in [5.74, 6) is -1.02. The van der Waals surface area contributed by atoms with Crippen molar-refractivity contribution in [3.63, 3.8) is 0 Å². The van der Waals surface area contributed by atoms with Gasteiger partial charge in [-0.05, 0) is 6.42 Å². The van der Waals surface area contributed by atoms with Gasteiger partial charge in [0.05, 0.1) is 0 Å². The third kappa shape index (κ3) is 2.70. The summed E-state index contributed by atoms with van der Waals surface area (Å²) in [4.78, 5) is 14.2. The number of carbonyl (C=O) groups is 1. The van der Waals surface area contributed by atoms with Crippen LogP contribution in [0.15, 0.2) is 29.3 Å². The molecule has 66 valence electrons. The Balaban J connectivity index is 4.82. The highest BCUT2D eigenvalue weighted by Gasteiger charge is 2.10. The fraction of sp³-hybridized carbons (Fsp3) is 0.333. The van der Waals surface area contributed by atoms with E-state index >= 15 is 0 Å². The van der Waals surface area contributed by atoms with Gasteiger partial charge in [-0.1, -0.05) is 25.7 Å². The van der Waals surface area contributed by atoms with Crippen LogP contribution in [0.25, 0.3) is 0 Å². The lowest BCUT2D eigenvalue weighted by molar-refractivity contribution is -0.129. The van der Waals surface area contributed by atoms with Gasteiger partial charge in [-0.15, -0.1) is 0 Å². The Morgan fingerprint density at radius 3 is 2.50 bits per heavy atom. The van der Waals surface area contributed by atoms with Gasteiger partial charge in [0.25, 0.3) is 0 Å². The molecule has 0 heterocycles. The molecule has 0 atom stereocenters. The number of nitrogens with zero attached hydrogens (tertiary/aromatic N) is 1. The summed E-state index contributed by atoms with van der Waals surface area (Å²) in [7, 11) is 1.45. The van der Waals surface area contributed by atoms with Crippen LogP contribution in [0.1, 0.15) is 13.3 Å². The minimum atomic E-state index is -1.02. The zero-order chi connectivity index (χ0) is 9.56. The van der Waals surface area contributed by atoms with Crippen LogP contribution in [-0.2, 0) is 4.79 Å². The van der Waals surface area contributed by atoms with Crippen LogP contribution in [0.5, 0.6) is 0 Å². The normalized spacial score (nSPS) is 12.8. The number of rotatable bonds is 4. The van der Waals surface area contributed by atoms with E-state index in [9.17, 15) is 4.79 Å². The largest absolute Gasteiger partial charge is 0.477 e. The van der Waals surface area contributed by atoms with E-state index in [4.69, 9.17) is 5.11 Å². The van der Waals surface area contributed by atoms with Gasteiger partial charge >= 0.3 is 5.97 Å². The van der Waals surface area contributed by atoms with Crippen molar-refractivity contribution < 1.29 is 9.90 Å². The Morgan fingerprint density at radius 1 is 1.67 bits per heavy atom. The third-order valence-electron chi connectivity index (χ3n) is 1.34. The molecular weight excluding hydrogens is 154 g/mol. The van der Waals surface area contributed by atoms with Gasteiger partial charge in [0.15, 0.2) is 0 Å². The summed E-state index contributed by atoms with van der Waals surface area (Å²) in [6.07, 6.45) is 4.05. The summed E-state index contributed by atoms with van der Waals surface area (Å²) in [6, 6.07) is 0. The Morgan fingerprint density at radius 2 is 2.25 bits per heavy atom. The molecule has 0 aromatic carbocycles. The molecule has 0 amide bonds. The van der Waals surface area contributed by atoms with Crippen LogP contribution in [0.2, 0.25) is 0 Å². The van der Waals surface area contributed by atoms with Crippen molar-refractivity contribution in [1.29, 1.82) is 0 Å². The molecule has 0 fully saturated rings. The number of aliphatic carboxylic acids is 1. The molecule has 0 aliphatic carbocycles. The molecule has 3 heteroatoms. The lowest BCUT2D eigenvalue weighted by Crippen LogP contribution is -2.14. The van der Waals surface area contributed by atoms with E-state index in [2.05, 4.69) is 11.6 Å². The first kappa shape index (κ1) is 10.6. The molecule has 0 radical (unpaired) electrons. The minimum Gasteiger partial charge on any atom is -0.477 e. The van der Waals surface area contributed by atoms with E-state index in [0.717, 1.165) is 6.42 Å². The van der Waals surface area contributed by atoms with Crippen molar-refractivity contribution in [3.8, 4) is 0 Å². The zero-order valence-corrected chi connectivity index (χ0v) is 7.37. The summed E-state index contributed by atoms with van der Waals surface area (Å²) in [5, 5.41) is 8.68. The molecule has 0 saturated heterocycles. The van der Waals surface area contributed by atoms with Crippen LogP contribution in [0.3, 0.4) is 0 Å². The molecule has 0 bridgehead atoms. The van der Waals surface area contributed by atoms with Gasteiger partial charge in [0.2, 0.25) is 0 Å². The van der Waals surface area contributed by atoms with Crippen molar-refractivity contribution in [1.82, 2.24) is 0 Å². The van der Waals surface area contributed by atoms with E-state index < -0.39 is 5.97 Å². The van der Waals surface area contributed by atoms with Crippen LogP contribution < -0.4 is 0 Å². The van der Waals surface area contributed by atoms with Crippen molar-refractivity contribution in [2.75, 3.05) is 7.05 Å². The van der Waals surface area contributed by atoms with E-state index in [1.807, 2.05) is 6.92 Å². The standard InChI is InChI=1S/C9H13NO2/c1-4-6-7(5-2)8(10-3)9(11)12/h5-6H,2,4H2,1,3H3,(H,11,12)/b7-6-,10-8?. The molecule has 0 aliphatic rings. The second kappa shape index (κ2) is 5.29. The number of carboxylic acids is 1. The molecule has 0 aromatic heterocycles. The molecule has 0 aliphatic heterocycles.